The van der Waals surface area contributed by atoms with Crippen LogP contribution < -0.4 is 10.2 Å². The molecule has 1 aliphatic heterocycles. The van der Waals surface area contributed by atoms with Crippen molar-refractivity contribution in [1.82, 2.24) is 15.5 Å². The van der Waals surface area contributed by atoms with E-state index in [0.717, 1.165) is 42.2 Å². The molecule has 0 radical (unpaired) electrons. The number of piperidine rings is 1. The van der Waals surface area contributed by atoms with Gasteiger partial charge in [0, 0.05) is 24.7 Å². The Morgan fingerprint density at radius 2 is 2.00 bits per heavy atom. The zero-order valence-electron chi connectivity index (χ0n) is 15.6. The number of rotatable bonds is 4. The minimum Gasteiger partial charge on any atom is -0.355 e. The molecule has 144 valence electrons. The molecule has 28 heavy (non-hydrogen) atoms. The van der Waals surface area contributed by atoms with Crippen LogP contribution in [0, 0.1) is 12.7 Å². The molecule has 1 aromatic carbocycles. The Balaban J connectivity index is 1.35. The molecule has 0 saturated carbocycles. The Kier molecular flexibility index (Phi) is 5.34. The SMILES string of the molecule is Cc1ccsc1C(=O)NC1CCN(c2ccc(-c3cccc(F)c3)nn2)CC1. The molecule has 0 unspecified atom stereocenters. The Morgan fingerprint density at radius 1 is 1.18 bits per heavy atom. The minimum absolute atomic E-state index is 0.0187. The molecule has 1 saturated heterocycles. The number of hydrogen-bond acceptors (Lipinski definition) is 5. The van der Waals surface area contributed by atoms with Gasteiger partial charge in [-0.15, -0.1) is 21.5 Å². The number of benzene rings is 1. The predicted molar refractivity (Wildman–Crippen MR) is 109 cm³/mol. The number of anilines is 1. The van der Waals surface area contributed by atoms with Gasteiger partial charge in [-0.1, -0.05) is 12.1 Å². The topological polar surface area (TPSA) is 58.1 Å². The molecule has 5 nitrogen and oxygen atoms in total. The maximum Gasteiger partial charge on any atom is 0.261 e. The second-order valence-corrected chi connectivity index (χ2v) is 7.87. The number of thiophene rings is 1. The van der Waals surface area contributed by atoms with Gasteiger partial charge < -0.3 is 10.2 Å². The van der Waals surface area contributed by atoms with E-state index in [0.29, 0.717) is 11.3 Å². The van der Waals surface area contributed by atoms with Crippen LogP contribution in [0.5, 0.6) is 0 Å². The van der Waals surface area contributed by atoms with Gasteiger partial charge >= 0.3 is 0 Å². The molecule has 0 bridgehead atoms. The van der Waals surface area contributed by atoms with Gasteiger partial charge in [0.15, 0.2) is 5.82 Å². The summed E-state index contributed by atoms with van der Waals surface area (Å²) in [6.45, 7) is 3.57. The molecule has 1 N–H and O–H groups in total. The van der Waals surface area contributed by atoms with Crippen molar-refractivity contribution in [3.8, 4) is 11.3 Å². The van der Waals surface area contributed by atoms with E-state index in [1.165, 1.54) is 23.5 Å². The van der Waals surface area contributed by atoms with Gasteiger partial charge in [0.05, 0.1) is 10.6 Å². The molecule has 0 atom stereocenters. The Bertz CT molecular complexity index is 965. The second-order valence-electron chi connectivity index (χ2n) is 6.95. The van der Waals surface area contributed by atoms with E-state index < -0.39 is 0 Å². The van der Waals surface area contributed by atoms with E-state index in [-0.39, 0.29) is 17.8 Å². The molecule has 3 heterocycles. The highest BCUT2D eigenvalue weighted by Crippen LogP contribution is 2.22. The van der Waals surface area contributed by atoms with Crippen molar-refractivity contribution in [2.45, 2.75) is 25.8 Å². The van der Waals surface area contributed by atoms with Crippen LogP contribution in [0.2, 0.25) is 0 Å². The van der Waals surface area contributed by atoms with E-state index >= 15 is 0 Å². The number of halogens is 1. The summed E-state index contributed by atoms with van der Waals surface area (Å²) in [4.78, 5) is 15.3. The number of aromatic nitrogens is 2. The molecule has 4 rings (SSSR count). The van der Waals surface area contributed by atoms with Gasteiger partial charge in [0.2, 0.25) is 0 Å². The maximum atomic E-state index is 13.4. The zero-order chi connectivity index (χ0) is 19.5. The molecule has 1 amide bonds. The third-order valence-corrected chi connectivity index (χ3v) is 6.01. The van der Waals surface area contributed by atoms with Crippen molar-refractivity contribution < 1.29 is 9.18 Å². The fourth-order valence-corrected chi connectivity index (χ4v) is 4.23. The fraction of sp³-hybridized carbons (Fsp3) is 0.286. The monoisotopic (exact) mass is 396 g/mol. The van der Waals surface area contributed by atoms with Crippen LogP contribution >= 0.6 is 11.3 Å². The molecule has 7 heteroatoms. The second kappa shape index (κ2) is 8.06. The minimum atomic E-state index is -0.287. The molecule has 1 fully saturated rings. The van der Waals surface area contributed by atoms with Gasteiger partial charge in [-0.05, 0) is 61.0 Å². The molecule has 0 aliphatic carbocycles. The summed E-state index contributed by atoms with van der Waals surface area (Å²) in [6, 6.07) is 12.3. The normalized spacial score (nSPS) is 14.9. The summed E-state index contributed by atoms with van der Waals surface area (Å²) in [6.07, 6.45) is 1.73. The average molecular weight is 396 g/mol. The van der Waals surface area contributed by atoms with Gasteiger partial charge in [-0.2, -0.15) is 0 Å². The van der Waals surface area contributed by atoms with Gasteiger partial charge in [-0.3, -0.25) is 4.79 Å². The van der Waals surface area contributed by atoms with Gasteiger partial charge in [0.1, 0.15) is 5.82 Å². The molecule has 2 aromatic heterocycles. The molecular weight excluding hydrogens is 375 g/mol. The summed E-state index contributed by atoms with van der Waals surface area (Å²) in [7, 11) is 0. The molecule has 1 aliphatic rings. The van der Waals surface area contributed by atoms with E-state index in [1.54, 1.807) is 6.07 Å². The number of amides is 1. The first kappa shape index (κ1) is 18.6. The molecule has 3 aromatic rings. The van der Waals surface area contributed by atoms with Crippen molar-refractivity contribution in [1.29, 1.82) is 0 Å². The van der Waals surface area contributed by atoms with E-state index in [4.69, 9.17) is 0 Å². The Labute approximate surface area is 167 Å². The standard InChI is InChI=1S/C21H21FN4OS/c1-14-9-12-28-20(14)21(27)23-17-7-10-26(11-8-17)19-6-5-18(24-25-19)15-3-2-4-16(22)13-15/h2-6,9,12-13,17H,7-8,10-11H2,1H3,(H,23,27). The van der Waals surface area contributed by atoms with Crippen molar-refractivity contribution in [3.05, 3.63) is 64.1 Å². The summed E-state index contributed by atoms with van der Waals surface area (Å²) in [5.41, 5.74) is 2.38. The average Bonchev–Trinajstić information content (AvgIpc) is 3.15. The van der Waals surface area contributed by atoms with Crippen molar-refractivity contribution in [2.24, 2.45) is 0 Å². The summed E-state index contributed by atoms with van der Waals surface area (Å²) in [5, 5.41) is 13.7. The highest BCUT2D eigenvalue weighted by molar-refractivity contribution is 7.12. The molecule has 0 spiro atoms. The Morgan fingerprint density at radius 3 is 2.64 bits per heavy atom. The number of hydrogen-bond donors (Lipinski definition) is 1. The first-order valence-electron chi connectivity index (χ1n) is 9.30. The number of nitrogens with zero attached hydrogens (tertiary/aromatic N) is 3. The maximum absolute atomic E-state index is 13.4. The Hall–Kier alpha value is -2.80. The number of carbonyl (C=O) groups excluding carboxylic acids is 1. The van der Waals surface area contributed by atoms with Gasteiger partial charge in [-0.25, -0.2) is 4.39 Å². The lowest BCUT2D eigenvalue weighted by atomic mass is 10.0. The largest absolute Gasteiger partial charge is 0.355 e. The van der Waals surface area contributed by atoms with Crippen LogP contribution in [0.1, 0.15) is 28.1 Å². The summed E-state index contributed by atoms with van der Waals surface area (Å²) >= 11 is 1.48. The first-order valence-corrected chi connectivity index (χ1v) is 10.2. The lowest BCUT2D eigenvalue weighted by Gasteiger charge is -2.32. The van der Waals surface area contributed by atoms with Crippen LogP contribution in [0.25, 0.3) is 11.3 Å². The zero-order valence-corrected chi connectivity index (χ0v) is 16.4. The quantitative estimate of drug-likeness (QED) is 0.723. The van der Waals surface area contributed by atoms with Crippen LogP contribution in [0.3, 0.4) is 0 Å². The van der Waals surface area contributed by atoms with Crippen molar-refractivity contribution in [2.75, 3.05) is 18.0 Å². The van der Waals surface area contributed by atoms with Crippen molar-refractivity contribution in [3.63, 3.8) is 0 Å². The molecular formula is C21H21FN4OS. The number of nitrogens with one attached hydrogen (secondary N) is 1. The number of carbonyl (C=O) groups is 1. The summed E-state index contributed by atoms with van der Waals surface area (Å²) in [5.74, 6) is 0.537. The third-order valence-electron chi connectivity index (χ3n) is 4.99. The highest BCUT2D eigenvalue weighted by Gasteiger charge is 2.23. The lowest BCUT2D eigenvalue weighted by Crippen LogP contribution is -2.45. The van der Waals surface area contributed by atoms with Crippen LogP contribution in [0.15, 0.2) is 47.8 Å². The smallest absolute Gasteiger partial charge is 0.261 e. The highest BCUT2D eigenvalue weighted by atomic mass is 32.1. The number of aryl methyl sites for hydroxylation is 1. The summed E-state index contributed by atoms with van der Waals surface area (Å²) < 4.78 is 13.4. The van der Waals surface area contributed by atoms with E-state index in [2.05, 4.69) is 20.4 Å². The van der Waals surface area contributed by atoms with Gasteiger partial charge in [0.25, 0.3) is 5.91 Å². The lowest BCUT2D eigenvalue weighted by molar-refractivity contribution is 0.0934. The van der Waals surface area contributed by atoms with E-state index in [9.17, 15) is 9.18 Å². The fourth-order valence-electron chi connectivity index (χ4n) is 3.40. The van der Waals surface area contributed by atoms with Crippen molar-refractivity contribution >= 4 is 23.1 Å². The third kappa shape index (κ3) is 4.04. The predicted octanol–water partition coefficient (Wildman–Crippen LogP) is 4.05. The van der Waals surface area contributed by atoms with Crippen LogP contribution in [-0.2, 0) is 0 Å². The van der Waals surface area contributed by atoms with Crippen LogP contribution in [0.4, 0.5) is 10.2 Å². The van der Waals surface area contributed by atoms with E-state index in [1.807, 2.05) is 36.6 Å². The first-order chi connectivity index (χ1) is 13.6. The van der Waals surface area contributed by atoms with Crippen LogP contribution in [-0.4, -0.2) is 35.2 Å².